The third-order valence-electron chi connectivity index (χ3n) is 2.98. The summed E-state index contributed by atoms with van der Waals surface area (Å²) in [5, 5.41) is 3.49. The molecular weight excluding hydrogens is 264 g/mol. The van der Waals surface area contributed by atoms with Gasteiger partial charge in [-0.2, -0.15) is 0 Å². The summed E-state index contributed by atoms with van der Waals surface area (Å²) in [6.45, 7) is 0.874. The Morgan fingerprint density at radius 1 is 1.47 bits per heavy atom. The van der Waals surface area contributed by atoms with Crippen LogP contribution in [0.2, 0.25) is 5.02 Å². The highest BCUT2D eigenvalue weighted by Crippen LogP contribution is 2.29. The normalized spacial score (nSPS) is 14.2. The zero-order chi connectivity index (χ0) is 13.7. The number of nitrogens with two attached hydrogens (primary N) is 1. The number of amides is 1. The number of hydrogen-bond acceptors (Lipinski definition) is 3. The molecule has 5 heteroatoms. The summed E-state index contributed by atoms with van der Waals surface area (Å²) in [6.07, 6.45) is 3.25. The maximum Gasteiger partial charge on any atom is 0.223 e. The van der Waals surface area contributed by atoms with E-state index in [1.54, 1.807) is 6.07 Å². The van der Waals surface area contributed by atoms with Crippen LogP contribution in [-0.2, 0) is 11.2 Å². The van der Waals surface area contributed by atoms with E-state index in [2.05, 4.69) is 5.32 Å². The summed E-state index contributed by atoms with van der Waals surface area (Å²) >= 11 is 6.11. The number of halogens is 1. The van der Waals surface area contributed by atoms with Gasteiger partial charge in [-0.15, -0.1) is 0 Å². The molecule has 1 fully saturated rings. The first-order valence-corrected chi connectivity index (χ1v) is 6.98. The Bertz CT molecular complexity index is 447. The Hall–Kier alpha value is -1.26. The first-order valence-electron chi connectivity index (χ1n) is 6.60. The molecular formula is C14H19ClN2O2. The van der Waals surface area contributed by atoms with E-state index in [9.17, 15) is 4.79 Å². The standard InChI is InChI=1S/C14H19ClN2O2/c15-12-3-1-2-10(6-8-16)14(12)19-9-7-13(18)17-11-4-5-11/h1-3,11H,4-9,16H2,(H,17,18). The van der Waals surface area contributed by atoms with E-state index in [1.807, 2.05) is 12.1 Å². The van der Waals surface area contributed by atoms with Crippen molar-refractivity contribution in [3.05, 3.63) is 28.8 Å². The second kappa shape index (κ2) is 6.78. The molecule has 19 heavy (non-hydrogen) atoms. The van der Waals surface area contributed by atoms with Crippen LogP contribution in [0, 0.1) is 0 Å². The maximum absolute atomic E-state index is 11.5. The number of hydrogen-bond donors (Lipinski definition) is 2. The third kappa shape index (κ3) is 4.40. The van der Waals surface area contributed by atoms with Crippen molar-refractivity contribution >= 4 is 17.5 Å². The topological polar surface area (TPSA) is 64.3 Å². The van der Waals surface area contributed by atoms with Gasteiger partial charge in [-0.3, -0.25) is 4.79 Å². The molecule has 0 aliphatic heterocycles. The molecule has 2 rings (SSSR count). The van der Waals surface area contributed by atoms with Gasteiger partial charge in [0.2, 0.25) is 5.91 Å². The molecule has 104 valence electrons. The SMILES string of the molecule is NCCc1cccc(Cl)c1OCCC(=O)NC1CC1. The van der Waals surface area contributed by atoms with Crippen LogP contribution < -0.4 is 15.8 Å². The van der Waals surface area contributed by atoms with Gasteiger partial charge in [0.1, 0.15) is 5.75 Å². The van der Waals surface area contributed by atoms with Crippen molar-refractivity contribution in [2.45, 2.75) is 31.7 Å². The molecule has 0 radical (unpaired) electrons. The molecule has 0 bridgehead atoms. The lowest BCUT2D eigenvalue weighted by Crippen LogP contribution is -2.26. The molecule has 0 saturated heterocycles. The van der Waals surface area contributed by atoms with Gasteiger partial charge in [0.25, 0.3) is 0 Å². The molecule has 1 saturated carbocycles. The highest BCUT2D eigenvalue weighted by atomic mass is 35.5. The van der Waals surface area contributed by atoms with Gasteiger partial charge in [-0.25, -0.2) is 0 Å². The van der Waals surface area contributed by atoms with Crippen LogP contribution >= 0.6 is 11.6 Å². The van der Waals surface area contributed by atoms with Crippen LogP contribution in [0.4, 0.5) is 0 Å². The summed E-state index contributed by atoms with van der Waals surface area (Å²) in [5.41, 5.74) is 6.54. The predicted molar refractivity (Wildman–Crippen MR) is 75.5 cm³/mol. The molecule has 0 spiro atoms. The zero-order valence-corrected chi connectivity index (χ0v) is 11.6. The summed E-state index contributed by atoms with van der Waals surface area (Å²) in [5.74, 6) is 0.684. The van der Waals surface area contributed by atoms with Gasteiger partial charge in [-0.1, -0.05) is 23.7 Å². The second-order valence-corrected chi connectivity index (χ2v) is 5.11. The van der Waals surface area contributed by atoms with Crippen molar-refractivity contribution in [3.8, 4) is 5.75 Å². The monoisotopic (exact) mass is 282 g/mol. The van der Waals surface area contributed by atoms with Gasteiger partial charge in [0.05, 0.1) is 18.1 Å². The minimum absolute atomic E-state index is 0.0370. The lowest BCUT2D eigenvalue weighted by atomic mass is 10.1. The van der Waals surface area contributed by atoms with Gasteiger partial charge in [0.15, 0.2) is 0 Å². The molecule has 0 heterocycles. The summed E-state index contributed by atoms with van der Waals surface area (Å²) < 4.78 is 5.64. The Balaban J connectivity index is 1.85. The van der Waals surface area contributed by atoms with Crippen molar-refractivity contribution in [1.82, 2.24) is 5.32 Å². The summed E-state index contributed by atoms with van der Waals surface area (Å²) in [4.78, 5) is 11.5. The molecule has 0 atom stereocenters. The highest BCUT2D eigenvalue weighted by Gasteiger charge is 2.22. The lowest BCUT2D eigenvalue weighted by Gasteiger charge is -2.12. The largest absolute Gasteiger partial charge is 0.491 e. The minimum atomic E-state index is 0.0370. The number of para-hydroxylation sites is 1. The average molecular weight is 283 g/mol. The molecule has 0 unspecified atom stereocenters. The van der Waals surface area contributed by atoms with Crippen molar-refractivity contribution in [3.63, 3.8) is 0 Å². The quantitative estimate of drug-likeness (QED) is 0.803. The van der Waals surface area contributed by atoms with E-state index in [-0.39, 0.29) is 5.91 Å². The molecule has 1 aliphatic carbocycles. The Kier molecular flexibility index (Phi) is 5.05. The Labute approximate surface area is 118 Å². The minimum Gasteiger partial charge on any atom is -0.491 e. The number of ether oxygens (including phenoxy) is 1. The molecule has 1 aromatic carbocycles. The molecule has 3 N–H and O–H groups in total. The van der Waals surface area contributed by atoms with Crippen LogP contribution in [0.25, 0.3) is 0 Å². The van der Waals surface area contributed by atoms with Gasteiger partial charge in [0, 0.05) is 6.04 Å². The smallest absolute Gasteiger partial charge is 0.223 e. The molecule has 0 aromatic heterocycles. The fraction of sp³-hybridized carbons (Fsp3) is 0.500. The molecule has 4 nitrogen and oxygen atoms in total. The van der Waals surface area contributed by atoms with E-state index in [1.165, 1.54) is 0 Å². The van der Waals surface area contributed by atoms with E-state index >= 15 is 0 Å². The number of carbonyl (C=O) groups excluding carboxylic acids is 1. The zero-order valence-electron chi connectivity index (χ0n) is 10.8. The van der Waals surface area contributed by atoms with Crippen molar-refractivity contribution in [2.75, 3.05) is 13.2 Å². The van der Waals surface area contributed by atoms with Crippen LogP contribution in [0.3, 0.4) is 0 Å². The van der Waals surface area contributed by atoms with Crippen LogP contribution in [-0.4, -0.2) is 25.1 Å². The first-order chi connectivity index (χ1) is 9.20. The molecule has 1 aliphatic rings. The van der Waals surface area contributed by atoms with Gasteiger partial charge in [-0.05, 0) is 37.4 Å². The maximum atomic E-state index is 11.5. The second-order valence-electron chi connectivity index (χ2n) is 4.71. The van der Waals surface area contributed by atoms with E-state index in [0.717, 1.165) is 18.4 Å². The Morgan fingerprint density at radius 2 is 2.26 bits per heavy atom. The van der Waals surface area contributed by atoms with Crippen molar-refractivity contribution < 1.29 is 9.53 Å². The molecule has 1 aromatic rings. The number of carbonyl (C=O) groups is 1. The molecule has 1 amide bonds. The van der Waals surface area contributed by atoms with Gasteiger partial charge >= 0.3 is 0 Å². The van der Waals surface area contributed by atoms with Gasteiger partial charge < -0.3 is 15.8 Å². The van der Waals surface area contributed by atoms with E-state index in [4.69, 9.17) is 22.1 Å². The van der Waals surface area contributed by atoms with E-state index < -0.39 is 0 Å². The fourth-order valence-corrected chi connectivity index (χ4v) is 2.09. The summed E-state index contributed by atoms with van der Waals surface area (Å²) in [6, 6.07) is 5.99. The summed E-state index contributed by atoms with van der Waals surface area (Å²) in [7, 11) is 0. The third-order valence-corrected chi connectivity index (χ3v) is 3.28. The van der Waals surface area contributed by atoms with Crippen molar-refractivity contribution in [2.24, 2.45) is 5.73 Å². The van der Waals surface area contributed by atoms with Crippen LogP contribution in [0.5, 0.6) is 5.75 Å². The number of benzene rings is 1. The lowest BCUT2D eigenvalue weighted by molar-refractivity contribution is -0.121. The van der Waals surface area contributed by atoms with Crippen LogP contribution in [0.15, 0.2) is 18.2 Å². The Morgan fingerprint density at radius 3 is 2.95 bits per heavy atom. The van der Waals surface area contributed by atoms with Crippen LogP contribution in [0.1, 0.15) is 24.8 Å². The predicted octanol–water partition coefficient (Wildman–Crippen LogP) is 1.89. The number of rotatable bonds is 7. The highest BCUT2D eigenvalue weighted by molar-refractivity contribution is 6.32. The van der Waals surface area contributed by atoms with Crippen molar-refractivity contribution in [1.29, 1.82) is 0 Å². The number of nitrogens with one attached hydrogen (secondary N) is 1. The van der Waals surface area contributed by atoms with E-state index in [0.29, 0.717) is 42.8 Å². The average Bonchev–Trinajstić information content (AvgIpc) is 3.17. The fourth-order valence-electron chi connectivity index (χ4n) is 1.84. The first kappa shape index (κ1) is 14.2.